The van der Waals surface area contributed by atoms with Crippen molar-refractivity contribution >= 4 is 5.69 Å². The Balaban J connectivity index is 1.84. The Morgan fingerprint density at radius 3 is 2.84 bits per heavy atom. The Labute approximate surface area is 117 Å². The normalized spacial score (nSPS) is 23.5. The summed E-state index contributed by atoms with van der Waals surface area (Å²) in [6.45, 7) is 11.8. The molecule has 0 aromatic heterocycles. The molecule has 0 spiro atoms. The molecule has 0 saturated carbocycles. The van der Waals surface area contributed by atoms with Gasteiger partial charge in [-0.1, -0.05) is 32.9 Å². The van der Waals surface area contributed by atoms with Gasteiger partial charge in [0, 0.05) is 25.3 Å². The van der Waals surface area contributed by atoms with E-state index in [1.165, 1.54) is 37.2 Å². The predicted molar refractivity (Wildman–Crippen MR) is 81.6 cm³/mol. The molecule has 2 nitrogen and oxygen atoms in total. The lowest BCUT2D eigenvalue weighted by Gasteiger charge is -2.29. The minimum absolute atomic E-state index is 0.436. The number of fused-ring (bicyclic) bond motifs is 1. The van der Waals surface area contributed by atoms with E-state index < -0.39 is 0 Å². The average molecular weight is 258 g/mol. The second-order valence-electron chi connectivity index (χ2n) is 7.14. The highest BCUT2D eigenvalue weighted by atomic mass is 15.2. The predicted octanol–water partition coefficient (Wildman–Crippen LogP) is 3.20. The summed E-state index contributed by atoms with van der Waals surface area (Å²) in [5.41, 5.74) is 5.04. The van der Waals surface area contributed by atoms with Crippen LogP contribution in [0.5, 0.6) is 0 Å². The van der Waals surface area contributed by atoms with E-state index >= 15 is 0 Å². The van der Waals surface area contributed by atoms with Crippen molar-refractivity contribution in [2.45, 2.75) is 40.2 Å². The lowest BCUT2D eigenvalue weighted by molar-refractivity contribution is 0.263. The van der Waals surface area contributed by atoms with Gasteiger partial charge in [-0.15, -0.1) is 0 Å². The fourth-order valence-electron chi connectivity index (χ4n) is 3.49. The summed E-state index contributed by atoms with van der Waals surface area (Å²) in [4.78, 5) is 2.63. The minimum Gasteiger partial charge on any atom is -0.371 e. The number of nitrogens with zero attached hydrogens (tertiary/aromatic N) is 1. The van der Waals surface area contributed by atoms with Gasteiger partial charge in [0.15, 0.2) is 0 Å². The van der Waals surface area contributed by atoms with E-state index in [2.05, 4.69) is 49.2 Å². The first kappa shape index (κ1) is 13.0. The van der Waals surface area contributed by atoms with Crippen LogP contribution in [-0.2, 0) is 13.0 Å². The van der Waals surface area contributed by atoms with Crippen LogP contribution >= 0.6 is 0 Å². The van der Waals surface area contributed by atoms with E-state index in [1.54, 1.807) is 5.56 Å². The number of nitrogens with one attached hydrogen (secondary N) is 1. The van der Waals surface area contributed by atoms with E-state index in [9.17, 15) is 0 Å². The van der Waals surface area contributed by atoms with Crippen molar-refractivity contribution in [1.82, 2.24) is 5.32 Å². The SMILES string of the molecule is CC(C)(C)C1CCN(c2cccc3c2CCNC3)C1. The lowest BCUT2D eigenvalue weighted by atomic mass is 9.80. The van der Waals surface area contributed by atoms with Gasteiger partial charge in [0.25, 0.3) is 0 Å². The molecule has 0 bridgehead atoms. The van der Waals surface area contributed by atoms with Gasteiger partial charge >= 0.3 is 0 Å². The topological polar surface area (TPSA) is 15.3 Å². The van der Waals surface area contributed by atoms with Crippen LogP contribution in [0.3, 0.4) is 0 Å². The van der Waals surface area contributed by atoms with E-state index in [1.807, 2.05) is 0 Å². The third-order valence-electron chi connectivity index (χ3n) is 4.87. The Morgan fingerprint density at radius 2 is 2.11 bits per heavy atom. The molecular weight excluding hydrogens is 232 g/mol. The molecule has 104 valence electrons. The molecule has 1 aromatic carbocycles. The van der Waals surface area contributed by atoms with Gasteiger partial charge in [0.1, 0.15) is 0 Å². The second-order valence-corrected chi connectivity index (χ2v) is 7.14. The molecule has 1 unspecified atom stereocenters. The fraction of sp³-hybridized carbons (Fsp3) is 0.647. The Hall–Kier alpha value is -1.02. The molecule has 1 aromatic rings. The first-order valence-corrected chi connectivity index (χ1v) is 7.62. The number of rotatable bonds is 1. The zero-order chi connectivity index (χ0) is 13.5. The summed E-state index contributed by atoms with van der Waals surface area (Å²) in [5, 5.41) is 3.47. The maximum Gasteiger partial charge on any atom is 0.0402 e. The van der Waals surface area contributed by atoms with Gasteiger partial charge in [-0.25, -0.2) is 0 Å². The van der Waals surface area contributed by atoms with Gasteiger partial charge in [-0.2, -0.15) is 0 Å². The van der Waals surface area contributed by atoms with Crippen molar-refractivity contribution in [3.8, 4) is 0 Å². The number of anilines is 1. The molecule has 2 aliphatic heterocycles. The van der Waals surface area contributed by atoms with Crippen LogP contribution < -0.4 is 10.2 Å². The maximum atomic E-state index is 3.47. The monoisotopic (exact) mass is 258 g/mol. The van der Waals surface area contributed by atoms with Gasteiger partial charge in [-0.3, -0.25) is 0 Å². The molecule has 3 rings (SSSR count). The van der Waals surface area contributed by atoms with E-state index in [-0.39, 0.29) is 0 Å². The summed E-state index contributed by atoms with van der Waals surface area (Å²) >= 11 is 0. The molecule has 1 fully saturated rings. The number of benzene rings is 1. The minimum atomic E-state index is 0.436. The van der Waals surface area contributed by atoms with Crippen LogP contribution in [0.25, 0.3) is 0 Å². The molecule has 0 aliphatic carbocycles. The highest BCUT2D eigenvalue weighted by Crippen LogP contribution is 2.37. The van der Waals surface area contributed by atoms with Gasteiger partial charge in [0.2, 0.25) is 0 Å². The van der Waals surface area contributed by atoms with Crippen molar-refractivity contribution in [1.29, 1.82) is 0 Å². The van der Waals surface area contributed by atoms with Crippen LogP contribution in [0, 0.1) is 11.3 Å². The van der Waals surface area contributed by atoms with Gasteiger partial charge in [-0.05, 0) is 47.9 Å². The molecule has 1 N–H and O–H groups in total. The average Bonchev–Trinajstić information content (AvgIpc) is 2.87. The second kappa shape index (κ2) is 4.82. The van der Waals surface area contributed by atoms with Crippen molar-refractivity contribution in [3.05, 3.63) is 29.3 Å². The van der Waals surface area contributed by atoms with E-state index in [0.717, 1.165) is 19.0 Å². The molecule has 1 saturated heterocycles. The molecular formula is C17H26N2. The third kappa shape index (κ3) is 2.51. The summed E-state index contributed by atoms with van der Waals surface area (Å²) in [7, 11) is 0. The summed E-state index contributed by atoms with van der Waals surface area (Å²) in [6.07, 6.45) is 2.52. The highest BCUT2D eigenvalue weighted by molar-refractivity contribution is 5.58. The highest BCUT2D eigenvalue weighted by Gasteiger charge is 2.32. The Morgan fingerprint density at radius 1 is 1.26 bits per heavy atom. The number of hydrogen-bond acceptors (Lipinski definition) is 2. The van der Waals surface area contributed by atoms with Crippen molar-refractivity contribution in [2.75, 3.05) is 24.5 Å². The summed E-state index contributed by atoms with van der Waals surface area (Å²) < 4.78 is 0. The van der Waals surface area contributed by atoms with E-state index in [4.69, 9.17) is 0 Å². The standard InChI is InChI=1S/C17H26N2/c1-17(2,3)14-8-10-19(12-14)16-6-4-5-13-11-18-9-7-15(13)16/h4-6,14,18H,7-12H2,1-3H3. The summed E-state index contributed by atoms with van der Waals surface area (Å²) in [5.74, 6) is 0.824. The molecule has 2 aliphatic rings. The Bertz CT molecular complexity index is 459. The van der Waals surface area contributed by atoms with Crippen molar-refractivity contribution in [2.24, 2.45) is 11.3 Å². The fourth-order valence-corrected chi connectivity index (χ4v) is 3.49. The largest absolute Gasteiger partial charge is 0.371 e. The maximum absolute atomic E-state index is 3.47. The lowest BCUT2D eigenvalue weighted by Crippen LogP contribution is -2.29. The third-order valence-corrected chi connectivity index (χ3v) is 4.87. The van der Waals surface area contributed by atoms with Crippen LogP contribution in [0.4, 0.5) is 5.69 Å². The first-order chi connectivity index (χ1) is 9.05. The van der Waals surface area contributed by atoms with E-state index in [0.29, 0.717) is 5.41 Å². The molecule has 19 heavy (non-hydrogen) atoms. The van der Waals surface area contributed by atoms with Crippen molar-refractivity contribution < 1.29 is 0 Å². The molecule has 2 heteroatoms. The van der Waals surface area contributed by atoms with Crippen LogP contribution in [0.1, 0.15) is 38.3 Å². The van der Waals surface area contributed by atoms with Crippen molar-refractivity contribution in [3.63, 3.8) is 0 Å². The zero-order valence-electron chi connectivity index (χ0n) is 12.5. The van der Waals surface area contributed by atoms with Crippen LogP contribution in [0.2, 0.25) is 0 Å². The number of hydrogen-bond donors (Lipinski definition) is 1. The molecule has 0 amide bonds. The quantitative estimate of drug-likeness (QED) is 0.832. The molecule has 2 heterocycles. The van der Waals surface area contributed by atoms with Gasteiger partial charge in [0.05, 0.1) is 0 Å². The Kier molecular flexibility index (Phi) is 3.30. The van der Waals surface area contributed by atoms with Crippen LogP contribution in [0.15, 0.2) is 18.2 Å². The first-order valence-electron chi connectivity index (χ1n) is 7.62. The molecule has 1 atom stereocenters. The zero-order valence-corrected chi connectivity index (χ0v) is 12.5. The molecule has 0 radical (unpaired) electrons. The van der Waals surface area contributed by atoms with Crippen LogP contribution in [-0.4, -0.2) is 19.6 Å². The smallest absolute Gasteiger partial charge is 0.0402 e. The van der Waals surface area contributed by atoms with Gasteiger partial charge < -0.3 is 10.2 Å². The summed E-state index contributed by atoms with van der Waals surface area (Å²) in [6, 6.07) is 6.84.